The second kappa shape index (κ2) is 5.71. The normalized spacial score (nSPS) is 9.62. The van der Waals surface area contributed by atoms with Crippen molar-refractivity contribution in [1.82, 2.24) is 10.3 Å². The molecule has 0 radical (unpaired) electrons. The van der Waals surface area contributed by atoms with Crippen molar-refractivity contribution in [2.45, 2.75) is 19.9 Å². The molecular formula is C11H14N4O. The quantitative estimate of drug-likeness (QED) is 0.786. The summed E-state index contributed by atoms with van der Waals surface area (Å²) in [6.07, 6.45) is 1.57. The first kappa shape index (κ1) is 12.0. The van der Waals surface area contributed by atoms with Crippen LogP contribution in [-0.4, -0.2) is 23.5 Å². The van der Waals surface area contributed by atoms with Gasteiger partial charge in [0.25, 0.3) is 0 Å². The van der Waals surface area contributed by atoms with Crippen molar-refractivity contribution in [1.29, 1.82) is 5.26 Å². The second-order valence-electron chi connectivity index (χ2n) is 3.59. The fourth-order valence-electron chi connectivity index (χ4n) is 1.17. The van der Waals surface area contributed by atoms with Gasteiger partial charge in [-0.2, -0.15) is 5.26 Å². The van der Waals surface area contributed by atoms with Gasteiger partial charge >= 0.3 is 0 Å². The first-order valence-electron chi connectivity index (χ1n) is 5.02. The number of carbonyl (C=O) groups is 1. The molecule has 1 aromatic heterocycles. The van der Waals surface area contributed by atoms with Crippen LogP contribution in [0.1, 0.15) is 19.4 Å². The minimum Gasteiger partial charge on any atom is -0.360 e. The lowest BCUT2D eigenvalue weighted by Crippen LogP contribution is -2.35. The van der Waals surface area contributed by atoms with Gasteiger partial charge in [0, 0.05) is 12.2 Å². The Bertz CT molecular complexity index is 409. The number of carbonyl (C=O) groups excluding carboxylic acids is 1. The lowest BCUT2D eigenvalue weighted by Gasteiger charge is -2.09. The van der Waals surface area contributed by atoms with Gasteiger partial charge in [-0.1, -0.05) is 0 Å². The van der Waals surface area contributed by atoms with E-state index in [0.717, 1.165) is 0 Å². The fraction of sp³-hybridized carbons (Fsp3) is 0.364. The SMILES string of the molecule is CC(C)NC(=O)CNc1ncccc1C#N. The highest BCUT2D eigenvalue weighted by atomic mass is 16.1. The number of pyridine rings is 1. The summed E-state index contributed by atoms with van der Waals surface area (Å²) in [5.41, 5.74) is 0.430. The van der Waals surface area contributed by atoms with Crippen LogP contribution >= 0.6 is 0 Å². The van der Waals surface area contributed by atoms with E-state index in [1.165, 1.54) is 0 Å². The van der Waals surface area contributed by atoms with Gasteiger partial charge in [0.1, 0.15) is 11.9 Å². The fourth-order valence-corrected chi connectivity index (χ4v) is 1.17. The number of hydrogen-bond acceptors (Lipinski definition) is 4. The van der Waals surface area contributed by atoms with Crippen LogP contribution in [-0.2, 0) is 4.79 Å². The van der Waals surface area contributed by atoms with E-state index in [4.69, 9.17) is 5.26 Å². The molecule has 0 aliphatic heterocycles. The van der Waals surface area contributed by atoms with E-state index in [0.29, 0.717) is 11.4 Å². The van der Waals surface area contributed by atoms with Crippen LogP contribution < -0.4 is 10.6 Å². The summed E-state index contributed by atoms with van der Waals surface area (Å²) in [7, 11) is 0. The average molecular weight is 218 g/mol. The summed E-state index contributed by atoms with van der Waals surface area (Å²) in [5, 5.41) is 14.4. The van der Waals surface area contributed by atoms with Gasteiger partial charge in [0.05, 0.1) is 12.1 Å². The number of nitrogens with one attached hydrogen (secondary N) is 2. The largest absolute Gasteiger partial charge is 0.360 e. The van der Waals surface area contributed by atoms with Gasteiger partial charge in [0.2, 0.25) is 5.91 Å². The highest BCUT2D eigenvalue weighted by Gasteiger charge is 2.05. The molecule has 0 saturated heterocycles. The number of rotatable bonds is 4. The maximum absolute atomic E-state index is 11.3. The Labute approximate surface area is 94.5 Å². The van der Waals surface area contributed by atoms with Crippen molar-refractivity contribution < 1.29 is 4.79 Å². The van der Waals surface area contributed by atoms with Crippen molar-refractivity contribution in [3.8, 4) is 6.07 Å². The predicted molar refractivity (Wildman–Crippen MR) is 60.7 cm³/mol. The minimum absolute atomic E-state index is 0.105. The summed E-state index contributed by atoms with van der Waals surface area (Å²) in [6.45, 7) is 3.89. The smallest absolute Gasteiger partial charge is 0.239 e. The van der Waals surface area contributed by atoms with E-state index < -0.39 is 0 Å². The van der Waals surface area contributed by atoms with Crippen molar-refractivity contribution >= 4 is 11.7 Å². The van der Waals surface area contributed by atoms with Crippen LogP contribution in [0, 0.1) is 11.3 Å². The molecule has 5 heteroatoms. The Morgan fingerprint density at radius 3 is 3.00 bits per heavy atom. The minimum atomic E-state index is -0.121. The first-order valence-corrected chi connectivity index (χ1v) is 5.02. The van der Waals surface area contributed by atoms with Crippen LogP contribution in [0.3, 0.4) is 0 Å². The van der Waals surface area contributed by atoms with E-state index in [9.17, 15) is 4.79 Å². The highest BCUT2D eigenvalue weighted by molar-refractivity contribution is 5.80. The summed E-state index contributed by atoms with van der Waals surface area (Å²) >= 11 is 0. The Morgan fingerprint density at radius 2 is 2.38 bits per heavy atom. The molecule has 5 nitrogen and oxygen atoms in total. The molecule has 16 heavy (non-hydrogen) atoms. The van der Waals surface area contributed by atoms with E-state index in [1.807, 2.05) is 19.9 Å². The molecular weight excluding hydrogens is 204 g/mol. The molecule has 0 atom stereocenters. The molecule has 0 bridgehead atoms. The predicted octanol–water partition coefficient (Wildman–Crippen LogP) is 0.890. The monoisotopic (exact) mass is 218 g/mol. The Morgan fingerprint density at radius 1 is 1.62 bits per heavy atom. The van der Waals surface area contributed by atoms with Gasteiger partial charge in [-0.15, -0.1) is 0 Å². The third kappa shape index (κ3) is 3.58. The first-order chi connectivity index (χ1) is 7.63. The highest BCUT2D eigenvalue weighted by Crippen LogP contribution is 2.08. The van der Waals surface area contributed by atoms with Gasteiger partial charge in [0.15, 0.2) is 0 Å². The molecule has 1 amide bonds. The lowest BCUT2D eigenvalue weighted by atomic mass is 10.3. The maximum Gasteiger partial charge on any atom is 0.239 e. The number of nitrogens with zero attached hydrogens (tertiary/aromatic N) is 2. The molecule has 0 unspecified atom stereocenters. The molecule has 2 N–H and O–H groups in total. The molecule has 0 saturated carbocycles. The van der Waals surface area contributed by atoms with Crippen LogP contribution in [0.4, 0.5) is 5.82 Å². The molecule has 0 aliphatic carbocycles. The van der Waals surface area contributed by atoms with E-state index >= 15 is 0 Å². The summed E-state index contributed by atoms with van der Waals surface area (Å²) in [5.74, 6) is 0.313. The van der Waals surface area contributed by atoms with Crippen molar-refractivity contribution in [2.75, 3.05) is 11.9 Å². The van der Waals surface area contributed by atoms with Crippen molar-refractivity contribution in [3.05, 3.63) is 23.9 Å². The zero-order valence-electron chi connectivity index (χ0n) is 9.32. The molecule has 1 heterocycles. The average Bonchev–Trinajstić information content (AvgIpc) is 2.26. The number of hydrogen-bond donors (Lipinski definition) is 2. The molecule has 1 rings (SSSR count). The Kier molecular flexibility index (Phi) is 4.28. The van der Waals surface area contributed by atoms with Crippen LogP contribution in [0.5, 0.6) is 0 Å². The van der Waals surface area contributed by atoms with Crippen LogP contribution in [0.25, 0.3) is 0 Å². The molecule has 0 aliphatic rings. The van der Waals surface area contributed by atoms with E-state index in [2.05, 4.69) is 15.6 Å². The Balaban J connectivity index is 2.55. The third-order valence-electron chi connectivity index (χ3n) is 1.79. The molecule has 0 spiro atoms. The van der Waals surface area contributed by atoms with Crippen molar-refractivity contribution in [2.24, 2.45) is 0 Å². The Hall–Kier alpha value is -2.09. The zero-order valence-corrected chi connectivity index (χ0v) is 9.32. The molecule has 0 fully saturated rings. The number of aromatic nitrogens is 1. The van der Waals surface area contributed by atoms with Crippen LogP contribution in [0.2, 0.25) is 0 Å². The third-order valence-corrected chi connectivity index (χ3v) is 1.79. The van der Waals surface area contributed by atoms with Crippen molar-refractivity contribution in [3.63, 3.8) is 0 Å². The van der Waals surface area contributed by atoms with Gasteiger partial charge < -0.3 is 10.6 Å². The van der Waals surface area contributed by atoms with Crippen LogP contribution in [0.15, 0.2) is 18.3 Å². The van der Waals surface area contributed by atoms with Gasteiger partial charge in [-0.05, 0) is 26.0 Å². The summed E-state index contributed by atoms with van der Waals surface area (Å²) in [4.78, 5) is 15.3. The molecule has 1 aromatic rings. The molecule has 84 valence electrons. The number of anilines is 1. The summed E-state index contributed by atoms with van der Waals surface area (Å²) in [6, 6.07) is 5.44. The zero-order chi connectivity index (χ0) is 12.0. The second-order valence-corrected chi connectivity index (χ2v) is 3.59. The topological polar surface area (TPSA) is 77.8 Å². The standard InChI is InChI=1S/C11H14N4O/c1-8(2)15-10(16)7-14-11-9(6-12)4-3-5-13-11/h3-5,8H,7H2,1-2H3,(H,13,14)(H,15,16). The van der Waals surface area contributed by atoms with Gasteiger partial charge in [-0.25, -0.2) is 4.98 Å². The summed E-state index contributed by atoms with van der Waals surface area (Å²) < 4.78 is 0. The van der Waals surface area contributed by atoms with Gasteiger partial charge in [-0.3, -0.25) is 4.79 Å². The molecule has 0 aromatic carbocycles. The van der Waals surface area contributed by atoms with E-state index in [1.54, 1.807) is 18.3 Å². The van der Waals surface area contributed by atoms with E-state index in [-0.39, 0.29) is 18.5 Å². The number of amides is 1. The lowest BCUT2D eigenvalue weighted by molar-refractivity contribution is -0.119. The maximum atomic E-state index is 11.3. The number of nitriles is 1.